The molecule has 1 aliphatic heterocycles. The Balaban J connectivity index is 1.60. The zero-order chi connectivity index (χ0) is 16.2. The van der Waals surface area contributed by atoms with Gasteiger partial charge < -0.3 is 10.1 Å². The number of rotatable bonds is 2. The molecule has 23 heavy (non-hydrogen) atoms. The van der Waals surface area contributed by atoms with Gasteiger partial charge in [0.2, 0.25) is 5.91 Å². The predicted molar refractivity (Wildman–Crippen MR) is 90.6 cm³/mol. The number of nitrogens with one attached hydrogen (secondary N) is 1. The Morgan fingerprint density at radius 1 is 1.09 bits per heavy atom. The van der Waals surface area contributed by atoms with Gasteiger partial charge in [0, 0.05) is 17.9 Å². The first kappa shape index (κ1) is 15.5. The minimum atomic E-state index is 0.270. The molecule has 1 saturated heterocycles. The van der Waals surface area contributed by atoms with Crippen molar-refractivity contribution >= 4 is 5.91 Å². The summed E-state index contributed by atoms with van der Waals surface area (Å²) in [5.41, 5.74) is 0.645. The Labute approximate surface area is 140 Å². The zero-order valence-corrected chi connectivity index (χ0v) is 14.6. The van der Waals surface area contributed by atoms with Crippen LogP contribution < -0.4 is 5.32 Å². The molecule has 4 fully saturated rings. The van der Waals surface area contributed by atoms with Gasteiger partial charge in [-0.2, -0.15) is 0 Å². The number of ether oxygens (including phenoxy) is 1. The second-order valence-electron chi connectivity index (χ2n) is 8.99. The fourth-order valence-corrected chi connectivity index (χ4v) is 6.99. The van der Waals surface area contributed by atoms with Gasteiger partial charge in [-0.1, -0.05) is 20.4 Å². The highest BCUT2D eigenvalue weighted by Gasteiger charge is 2.60. The van der Waals surface area contributed by atoms with Crippen LogP contribution in [0.15, 0.2) is 12.8 Å². The van der Waals surface area contributed by atoms with E-state index in [1.165, 1.54) is 38.5 Å². The van der Waals surface area contributed by atoms with Crippen LogP contribution in [-0.4, -0.2) is 18.1 Å². The largest absolute Gasteiger partial charge is 0.498 e. The van der Waals surface area contributed by atoms with Crippen molar-refractivity contribution < 1.29 is 9.53 Å². The van der Waals surface area contributed by atoms with E-state index in [0.717, 1.165) is 30.6 Å². The Morgan fingerprint density at radius 3 is 2.65 bits per heavy atom. The standard InChI is InChI=1S/C20H31NO2/c1-4-23-17-8-6-14-13-5-7-16-19(2,12-10-18(22)21-16)15(13)9-11-20(14,17)3/h4,13-17H,1,5-12H2,2-3H3,(H,21,22)/t13-,14-,15-,16+,17-,19+,20-/m0/s1. The fraction of sp³-hybridized carbons (Fsp3) is 0.850. The van der Waals surface area contributed by atoms with Gasteiger partial charge in [0.1, 0.15) is 6.10 Å². The zero-order valence-electron chi connectivity index (χ0n) is 14.6. The maximum absolute atomic E-state index is 11.8. The molecule has 128 valence electrons. The Bertz CT molecular complexity index is 518. The van der Waals surface area contributed by atoms with E-state index in [9.17, 15) is 4.79 Å². The summed E-state index contributed by atoms with van der Waals surface area (Å²) in [6.45, 7) is 8.71. The van der Waals surface area contributed by atoms with Crippen LogP contribution in [0, 0.1) is 28.6 Å². The van der Waals surface area contributed by atoms with Crippen molar-refractivity contribution in [2.24, 2.45) is 28.6 Å². The second-order valence-corrected chi connectivity index (χ2v) is 8.99. The third-order valence-electron chi connectivity index (χ3n) is 8.27. The van der Waals surface area contributed by atoms with Crippen LogP contribution in [0.1, 0.15) is 65.2 Å². The highest BCUT2D eigenvalue weighted by Crippen LogP contribution is 2.64. The number of hydrogen-bond donors (Lipinski definition) is 1. The minimum absolute atomic E-state index is 0.270. The summed E-state index contributed by atoms with van der Waals surface area (Å²) < 4.78 is 5.91. The van der Waals surface area contributed by atoms with E-state index in [4.69, 9.17) is 4.74 Å². The lowest BCUT2D eigenvalue weighted by Gasteiger charge is -2.60. The molecule has 3 saturated carbocycles. The van der Waals surface area contributed by atoms with Gasteiger partial charge in [-0.25, -0.2) is 0 Å². The van der Waals surface area contributed by atoms with Crippen LogP contribution in [0.5, 0.6) is 0 Å². The molecule has 0 radical (unpaired) electrons. The number of carbonyl (C=O) groups is 1. The summed E-state index contributed by atoms with van der Waals surface area (Å²) in [6.07, 6.45) is 11.3. The number of hydrogen-bond acceptors (Lipinski definition) is 2. The first-order valence-corrected chi connectivity index (χ1v) is 9.55. The molecule has 1 heterocycles. The SMILES string of the molecule is C=CO[C@H]1CC[C@H]2[C@@H]3CC[C@H]4NC(=O)CC[C@]4(C)[C@H]3CC[C@]12C. The first-order valence-electron chi connectivity index (χ1n) is 9.55. The molecule has 4 rings (SSSR count). The van der Waals surface area contributed by atoms with Crippen LogP contribution in [0.4, 0.5) is 0 Å². The first-order chi connectivity index (χ1) is 11.0. The molecule has 1 N–H and O–H groups in total. The maximum atomic E-state index is 11.8. The van der Waals surface area contributed by atoms with Crippen molar-refractivity contribution in [3.63, 3.8) is 0 Å². The van der Waals surface area contributed by atoms with E-state index < -0.39 is 0 Å². The Kier molecular flexibility index (Phi) is 3.55. The van der Waals surface area contributed by atoms with Crippen LogP contribution in [0.2, 0.25) is 0 Å². The maximum Gasteiger partial charge on any atom is 0.220 e. The van der Waals surface area contributed by atoms with E-state index in [0.29, 0.717) is 23.0 Å². The van der Waals surface area contributed by atoms with E-state index in [1.54, 1.807) is 6.26 Å². The molecule has 0 aromatic rings. The van der Waals surface area contributed by atoms with Gasteiger partial charge in [-0.05, 0) is 68.1 Å². The minimum Gasteiger partial charge on any atom is -0.498 e. The van der Waals surface area contributed by atoms with Crippen LogP contribution in [0.25, 0.3) is 0 Å². The number of amides is 1. The normalized spacial score (nSPS) is 51.9. The van der Waals surface area contributed by atoms with Crippen LogP contribution in [0.3, 0.4) is 0 Å². The highest BCUT2D eigenvalue weighted by molar-refractivity contribution is 5.77. The van der Waals surface area contributed by atoms with Crippen molar-refractivity contribution in [1.29, 1.82) is 0 Å². The topological polar surface area (TPSA) is 38.3 Å². The van der Waals surface area contributed by atoms with E-state index in [2.05, 4.69) is 25.7 Å². The van der Waals surface area contributed by atoms with Crippen molar-refractivity contribution in [2.75, 3.05) is 0 Å². The lowest BCUT2D eigenvalue weighted by Crippen LogP contribution is -2.61. The average Bonchev–Trinajstić information content (AvgIpc) is 2.85. The molecule has 7 atom stereocenters. The van der Waals surface area contributed by atoms with Gasteiger partial charge in [0.05, 0.1) is 6.26 Å². The summed E-state index contributed by atoms with van der Waals surface area (Å²) in [5.74, 6) is 2.67. The molecule has 0 aromatic carbocycles. The van der Waals surface area contributed by atoms with Crippen LogP contribution >= 0.6 is 0 Å². The molecular weight excluding hydrogens is 286 g/mol. The average molecular weight is 317 g/mol. The van der Waals surface area contributed by atoms with Crippen molar-refractivity contribution in [1.82, 2.24) is 5.32 Å². The molecular formula is C20H31NO2. The Hall–Kier alpha value is -0.990. The highest BCUT2D eigenvalue weighted by atomic mass is 16.5. The lowest BCUT2D eigenvalue weighted by atomic mass is 9.47. The van der Waals surface area contributed by atoms with Gasteiger partial charge in [-0.3, -0.25) is 4.79 Å². The third-order valence-corrected chi connectivity index (χ3v) is 8.27. The van der Waals surface area contributed by atoms with Crippen LogP contribution in [-0.2, 0) is 9.53 Å². The molecule has 0 spiro atoms. The monoisotopic (exact) mass is 317 g/mol. The van der Waals surface area contributed by atoms with Gasteiger partial charge >= 0.3 is 0 Å². The third kappa shape index (κ3) is 2.11. The van der Waals surface area contributed by atoms with Crippen molar-refractivity contribution in [3.8, 4) is 0 Å². The number of fused-ring (bicyclic) bond motifs is 5. The summed E-state index contributed by atoms with van der Waals surface area (Å²) >= 11 is 0. The van der Waals surface area contributed by atoms with Gasteiger partial charge in [0.25, 0.3) is 0 Å². The molecule has 1 amide bonds. The van der Waals surface area contributed by atoms with Gasteiger partial charge in [0.15, 0.2) is 0 Å². The summed E-state index contributed by atoms with van der Waals surface area (Å²) in [6, 6.07) is 0.413. The summed E-state index contributed by atoms with van der Waals surface area (Å²) in [4.78, 5) is 11.8. The number of carbonyl (C=O) groups excluding carboxylic acids is 1. The quantitative estimate of drug-likeness (QED) is 0.781. The predicted octanol–water partition coefficient (Wildman–Crippen LogP) is 4.04. The molecule has 0 aromatic heterocycles. The summed E-state index contributed by atoms with van der Waals surface area (Å²) in [7, 11) is 0. The van der Waals surface area contributed by atoms with Crippen molar-refractivity contribution in [2.45, 2.75) is 77.4 Å². The van der Waals surface area contributed by atoms with Crippen molar-refractivity contribution in [3.05, 3.63) is 12.8 Å². The molecule has 0 unspecified atom stereocenters. The molecule has 3 nitrogen and oxygen atoms in total. The van der Waals surface area contributed by atoms with E-state index >= 15 is 0 Å². The second kappa shape index (κ2) is 5.26. The summed E-state index contributed by atoms with van der Waals surface area (Å²) in [5, 5.41) is 3.31. The molecule has 3 aliphatic carbocycles. The van der Waals surface area contributed by atoms with Gasteiger partial charge in [-0.15, -0.1) is 0 Å². The lowest BCUT2D eigenvalue weighted by molar-refractivity contribution is -0.138. The number of piperidine rings is 1. The molecule has 4 aliphatic rings. The van der Waals surface area contributed by atoms with E-state index in [-0.39, 0.29) is 5.91 Å². The fourth-order valence-electron chi connectivity index (χ4n) is 6.99. The molecule has 3 heteroatoms. The van der Waals surface area contributed by atoms with E-state index in [1.807, 2.05) is 0 Å². The molecule has 0 bridgehead atoms. The Morgan fingerprint density at radius 2 is 1.87 bits per heavy atom. The smallest absolute Gasteiger partial charge is 0.220 e.